The van der Waals surface area contributed by atoms with Crippen LogP contribution in [0.2, 0.25) is 0 Å². The van der Waals surface area contributed by atoms with Gasteiger partial charge in [0.1, 0.15) is 6.23 Å². The number of allylic oxidation sites excluding steroid dienone is 1. The summed E-state index contributed by atoms with van der Waals surface area (Å²) in [5.74, 6) is 2.37. The first kappa shape index (κ1) is 15.5. The van der Waals surface area contributed by atoms with Gasteiger partial charge in [0, 0.05) is 13.0 Å². The second-order valence-corrected chi connectivity index (χ2v) is 7.32. The summed E-state index contributed by atoms with van der Waals surface area (Å²) in [5, 5.41) is 16.9. The van der Waals surface area contributed by atoms with E-state index in [1.807, 2.05) is 7.11 Å². The van der Waals surface area contributed by atoms with E-state index in [1.54, 1.807) is 0 Å². The van der Waals surface area contributed by atoms with E-state index in [0.717, 1.165) is 19.4 Å². The summed E-state index contributed by atoms with van der Waals surface area (Å²) >= 11 is 0. The first-order chi connectivity index (χ1) is 10.1. The molecule has 3 aliphatic rings. The van der Waals surface area contributed by atoms with E-state index in [-0.39, 0.29) is 6.17 Å². The van der Waals surface area contributed by atoms with Gasteiger partial charge in [-0.15, -0.1) is 0 Å². The van der Waals surface area contributed by atoms with Gasteiger partial charge in [-0.1, -0.05) is 19.9 Å². The van der Waals surface area contributed by atoms with Crippen LogP contribution in [0, 0.1) is 23.7 Å². The van der Waals surface area contributed by atoms with Gasteiger partial charge in [-0.3, -0.25) is 5.32 Å². The van der Waals surface area contributed by atoms with Crippen LogP contribution < -0.4 is 10.6 Å². The van der Waals surface area contributed by atoms with Gasteiger partial charge in [0.15, 0.2) is 0 Å². The second-order valence-electron chi connectivity index (χ2n) is 7.32. The number of aliphatic hydroxyl groups is 1. The molecular weight excluding hydrogens is 264 g/mol. The summed E-state index contributed by atoms with van der Waals surface area (Å²) in [6.45, 7) is 5.65. The summed E-state index contributed by atoms with van der Waals surface area (Å²) in [6.07, 6.45) is 7.28. The number of fused-ring (bicyclic) bond motifs is 1. The van der Waals surface area contributed by atoms with E-state index < -0.39 is 6.23 Å². The molecule has 2 heterocycles. The minimum atomic E-state index is -0.453. The molecule has 21 heavy (non-hydrogen) atoms. The summed E-state index contributed by atoms with van der Waals surface area (Å²) in [7, 11) is 1.85. The average molecular weight is 294 g/mol. The fraction of sp³-hybridized carbons (Fsp3) is 0.882. The van der Waals surface area contributed by atoms with Gasteiger partial charge in [0.05, 0.1) is 12.3 Å². The van der Waals surface area contributed by atoms with Crippen molar-refractivity contribution < 1.29 is 9.84 Å². The highest BCUT2D eigenvalue weighted by Gasteiger charge is 2.41. The van der Waals surface area contributed by atoms with Gasteiger partial charge >= 0.3 is 0 Å². The van der Waals surface area contributed by atoms with Crippen molar-refractivity contribution in [2.24, 2.45) is 23.7 Å². The van der Waals surface area contributed by atoms with Crippen molar-refractivity contribution in [2.75, 3.05) is 13.7 Å². The number of rotatable bonds is 3. The molecule has 1 saturated carbocycles. The Bertz CT molecular complexity index is 396. The maximum absolute atomic E-state index is 10.3. The van der Waals surface area contributed by atoms with Crippen LogP contribution in [0.15, 0.2) is 11.6 Å². The molecule has 0 bridgehead atoms. The predicted octanol–water partition coefficient (Wildman–Crippen LogP) is 1.86. The third-order valence-electron chi connectivity index (χ3n) is 5.76. The highest BCUT2D eigenvalue weighted by Crippen LogP contribution is 2.39. The van der Waals surface area contributed by atoms with Crippen LogP contribution in [-0.2, 0) is 4.74 Å². The van der Waals surface area contributed by atoms with Crippen molar-refractivity contribution in [2.45, 2.75) is 58.0 Å². The summed E-state index contributed by atoms with van der Waals surface area (Å²) < 4.78 is 5.68. The van der Waals surface area contributed by atoms with Crippen molar-refractivity contribution in [3.63, 3.8) is 0 Å². The van der Waals surface area contributed by atoms with Crippen LogP contribution in [0.5, 0.6) is 0 Å². The Labute approximate surface area is 128 Å². The Balaban J connectivity index is 1.71. The third kappa shape index (κ3) is 3.04. The van der Waals surface area contributed by atoms with Crippen molar-refractivity contribution in [1.29, 1.82) is 0 Å². The van der Waals surface area contributed by atoms with E-state index in [1.165, 1.54) is 18.4 Å². The SMILES string of the molecule is COC1CCC(/C=C2/C(O)NC3NCCC23)CC1C(C)C. The van der Waals surface area contributed by atoms with Gasteiger partial charge < -0.3 is 15.2 Å². The van der Waals surface area contributed by atoms with Gasteiger partial charge in [-0.2, -0.15) is 0 Å². The molecule has 0 aromatic heterocycles. The molecule has 4 nitrogen and oxygen atoms in total. The summed E-state index contributed by atoms with van der Waals surface area (Å²) in [4.78, 5) is 0. The van der Waals surface area contributed by atoms with E-state index in [9.17, 15) is 5.11 Å². The van der Waals surface area contributed by atoms with E-state index in [4.69, 9.17) is 4.74 Å². The average Bonchev–Trinajstić information content (AvgIpc) is 3.02. The van der Waals surface area contributed by atoms with Gasteiger partial charge in [0.2, 0.25) is 0 Å². The molecule has 0 aromatic rings. The fourth-order valence-electron chi connectivity index (χ4n) is 4.55. The molecule has 6 unspecified atom stereocenters. The molecule has 1 aliphatic carbocycles. The lowest BCUT2D eigenvalue weighted by atomic mass is 9.73. The number of ether oxygens (including phenoxy) is 1. The molecule has 6 atom stereocenters. The first-order valence-electron chi connectivity index (χ1n) is 8.52. The number of hydrogen-bond donors (Lipinski definition) is 3. The van der Waals surface area contributed by atoms with Gasteiger partial charge in [-0.25, -0.2) is 0 Å². The number of nitrogens with one attached hydrogen (secondary N) is 2. The maximum Gasteiger partial charge on any atom is 0.128 e. The second kappa shape index (κ2) is 6.37. The smallest absolute Gasteiger partial charge is 0.128 e. The zero-order valence-corrected chi connectivity index (χ0v) is 13.5. The van der Waals surface area contributed by atoms with Crippen LogP contribution in [0.1, 0.15) is 39.5 Å². The molecule has 3 fully saturated rings. The Kier molecular flexibility index (Phi) is 4.69. The van der Waals surface area contributed by atoms with Crippen molar-refractivity contribution in [1.82, 2.24) is 10.6 Å². The van der Waals surface area contributed by atoms with Crippen LogP contribution in [0.4, 0.5) is 0 Å². The molecule has 4 heteroatoms. The van der Waals surface area contributed by atoms with Gasteiger partial charge in [0.25, 0.3) is 0 Å². The molecule has 0 spiro atoms. The van der Waals surface area contributed by atoms with Crippen molar-refractivity contribution >= 4 is 0 Å². The van der Waals surface area contributed by atoms with E-state index in [2.05, 4.69) is 30.6 Å². The number of methoxy groups -OCH3 is 1. The van der Waals surface area contributed by atoms with Gasteiger partial charge in [-0.05, 0) is 55.6 Å². The van der Waals surface area contributed by atoms with Crippen LogP contribution in [-0.4, -0.2) is 37.3 Å². The standard InChI is InChI=1S/C17H30N2O2/c1-10(2)13-8-11(4-5-15(13)21-3)9-14-12-6-7-18-16(12)19-17(14)20/h9-13,15-20H,4-8H2,1-3H3/b14-9+. The Morgan fingerprint density at radius 3 is 2.81 bits per heavy atom. The minimum absolute atomic E-state index is 0.280. The third-order valence-corrected chi connectivity index (χ3v) is 5.76. The van der Waals surface area contributed by atoms with Crippen LogP contribution in [0.25, 0.3) is 0 Å². The summed E-state index contributed by atoms with van der Waals surface area (Å²) in [5.41, 5.74) is 1.23. The number of hydrogen-bond acceptors (Lipinski definition) is 4. The zero-order valence-electron chi connectivity index (χ0n) is 13.5. The zero-order chi connectivity index (χ0) is 15.0. The molecular formula is C17H30N2O2. The summed E-state index contributed by atoms with van der Waals surface area (Å²) in [6, 6.07) is 0. The number of aliphatic hydroxyl groups excluding tert-OH is 1. The highest BCUT2D eigenvalue weighted by atomic mass is 16.5. The van der Waals surface area contributed by atoms with Crippen molar-refractivity contribution in [3.05, 3.63) is 11.6 Å². The predicted molar refractivity (Wildman–Crippen MR) is 83.6 cm³/mol. The molecule has 0 amide bonds. The fourth-order valence-corrected chi connectivity index (χ4v) is 4.55. The molecule has 3 N–H and O–H groups in total. The van der Waals surface area contributed by atoms with Crippen LogP contribution in [0.3, 0.4) is 0 Å². The Morgan fingerprint density at radius 2 is 2.10 bits per heavy atom. The van der Waals surface area contributed by atoms with E-state index in [0.29, 0.717) is 29.8 Å². The molecule has 0 aromatic carbocycles. The first-order valence-corrected chi connectivity index (χ1v) is 8.52. The van der Waals surface area contributed by atoms with Crippen LogP contribution >= 0.6 is 0 Å². The molecule has 120 valence electrons. The minimum Gasteiger partial charge on any atom is -0.381 e. The lowest BCUT2D eigenvalue weighted by Gasteiger charge is -2.37. The Hall–Kier alpha value is -0.420. The van der Waals surface area contributed by atoms with Crippen molar-refractivity contribution in [3.8, 4) is 0 Å². The molecule has 3 rings (SSSR count). The molecule has 2 saturated heterocycles. The maximum atomic E-state index is 10.3. The van der Waals surface area contributed by atoms with E-state index >= 15 is 0 Å². The lowest BCUT2D eigenvalue weighted by molar-refractivity contribution is -0.00448. The topological polar surface area (TPSA) is 53.5 Å². The lowest BCUT2D eigenvalue weighted by Crippen LogP contribution is -2.38. The largest absolute Gasteiger partial charge is 0.381 e. The molecule has 2 aliphatic heterocycles. The highest BCUT2D eigenvalue weighted by molar-refractivity contribution is 5.22. The Morgan fingerprint density at radius 1 is 1.29 bits per heavy atom. The monoisotopic (exact) mass is 294 g/mol. The quantitative estimate of drug-likeness (QED) is 0.696. The normalized spacial score (nSPS) is 45.5. The molecule has 0 radical (unpaired) electrons.